The van der Waals surface area contributed by atoms with Crippen LogP contribution in [0, 0.1) is 4.91 Å². The van der Waals surface area contributed by atoms with Crippen LogP contribution in [0.1, 0.15) is 13.8 Å². The van der Waals surface area contributed by atoms with Gasteiger partial charge in [0, 0.05) is 13.8 Å². The molecule has 7 heavy (non-hydrogen) atoms. The van der Waals surface area contributed by atoms with Crippen molar-refractivity contribution in [3.8, 4) is 0 Å². The van der Waals surface area contributed by atoms with Crippen LogP contribution in [0.4, 0.5) is 0 Å². The van der Waals surface area contributed by atoms with Crippen molar-refractivity contribution in [1.29, 1.82) is 0 Å². The van der Waals surface area contributed by atoms with Crippen LogP contribution in [0.15, 0.2) is 0 Å². The largest absolute Gasteiger partial charge is 0.251 e. The van der Waals surface area contributed by atoms with Crippen molar-refractivity contribution >= 4 is 0 Å². The zero-order valence-corrected chi connectivity index (χ0v) is 4.84. The molecule has 0 aliphatic rings. The lowest BCUT2D eigenvalue weighted by atomic mass is 10.4. The minimum Gasteiger partial charge on any atom is -0.235 e. The normalized spacial score (nSPS) is 9.14. The van der Waals surface area contributed by atoms with Crippen LogP contribution in [0.25, 0.3) is 0 Å². The Hall–Kier alpha value is -0.600. The Balaban J connectivity index is 3.35. The molecule has 0 heterocycles. The molecule has 3 heteroatoms. The van der Waals surface area contributed by atoms with Gasteiger partial charge in [0.15, 0.2) is 7.11 Å². The third kappa shape index (κ3) is 2.14. The third-order valence-electron chi connectivity index (χ3n) is 0.602. The molecule has 0 amide bonds. The summed E-state index contributed by atoms with van der Waals surface area (Å²) in [5.74, 6) is 0. The summed E-state index contributed by atoms with van der Waals surface area (Å²) in [6.45, 7) is 3.52. The average molecular weight is 104 g/mol. The first-order valence-corrected chi connectivity index (χ1v) is 2.19. The Kier molecular flexibility index (Phi) is 2.33. The standard InChI is InChI=1S/C4H10NO2/c1-4(2)5(6)7-3/h4H,1-3H3/q+1. The molecule has 0 bridgehead atoms. The number of nitrogens with zero attached hydrogens (tertiary/aromatic N) is 1. The first kappa shape index (κ1) is 6.40. The van der Waals surface area contributed by atoms with E-state index in [1.54, 1.807) is 13.8 Å². The summed E-state index contributed by atoms with van der Waals surface area (Å²) in [7, 11) is 1.35. The van der Waals surface area contributed by atoms with Gasteiger partial charge in [-0.1, -0.05) is 0 Å². The Morgan fingerprint density at radius 1 is 1.57 bits per heavy atom. The first-order valence-electron chi connectivity index (χ1n) is 2.19. The van der Waals surface area contributed by atoms with Crippen molar-refractivity contribution in [1.82, 2.24) is 0 Å². The molecule has 0 N–H and O–H groups in total. The van der Waals surface area contributed by atoms with Crippen molar-refractivity contribution in [3.63, 3.8) is 0 Å². The predicted octanol–water partition coefficient (Wildman–Crippen LogP) is 0.735. The Morgan fingerprint density at radius 3 is 2.00 bits per heavy atom. The van der Waals surface area contributed by atoms with Crippen molar-refractivity contribution < 1.29 is 9.76 Å². The molecule has 3 nitrogen and oxygen atoms in total. The Bertz CT molecular complexity index is 70.1. The summed E-state index contributed by atoms with van der Waals surface area (Å²) >= 11 is 0. The van der Waals surface area contributed by atoms with E-state index in [0.717, 1.165) is 0 Å². The smallest absolute Gasteiger partial charge is 0.235 e. The fourth-order valence-corrected chi connectivity index (χ4v) is 0.211. The zero-order valence-electron chi connectivity index (χ0n) is 4.84. The van der Waals surface area contributed by atoms with Crippen LogP contribution < -0.4 is 0 Å². The van der Waals surface area contributed by atoms with Crippen molar-refractivity contribution in [2.24, 2.45) is 0 Å². The molecular weight excluding hydrogens is 94.0 g/mol. The van der Waals surface area contributed by atoms with Crippen molar-refractivity contribution in [3.05, 3.63) is 4.91 Å². The van der Waals surface area contributed by atoms with Gasteiger partial charge in [-0.15, -0.1) is 0 Å². The van der Waals surface area contributed by atoms with Crippen molar-refractivity contribution in [2.75, 3.05) is 7.11 Å². The highest BCUT2D eigenvalue weighted by Crippen LogP contribution is 1.83. The Morgan fingerprint density at radius 2 is 2.00 bits per heavy atom. The van der Waals surface area contributed by atoms with Gasteiger partial charge in [0.25, 0.3) is 6.04 Å². The molecule has 0 aliphatic carbocycles. The summed E-state index contributed by atoms with van der Waals surface area (Å²) in [6.07, 6.45) is 0. The SMILES string of the molecule is CO[N+](=O)C(C)C. The molecule has 0 atom stereocenters. The lowest BCUT2D eigenvalue weighted by Crippen LogP contribution is -2.14. The summed E-state index contributed by atoms with van der Waals surface area (Å²) in [6, 6.07) is -0.0787. The van der Waals surface area contributed by atoms with E-state index >= 15 is 0 Å². The van der Waals surface area contributed by atoms with Gasteiger partial charge in [0.2, 0.25) is 4.92 Å². The van der Waals surface area contributed by atoms with Gasteiger partial charge in [-0.05, 0) is 0 Å². The first-order chi connectivity index (χ1) is 3.18. The molecule has 0 saturated carbocycles. The van der Waals surface area contributed by atoms with Crippen LogP contribution in [0.5, 0.6) is 0 Å². The summed E-state index contributed by atoms with van der Waals surface area (Å²) in [4.78, 5) is 15.0. The van der Waals surface area contributed by atoms with E-state index in [1.165, 1.54) is 7.11 Å². The molecule has 0 spiro atoms. The number of hydrogen-bond acceptors (Lipinski definition) is 2. The van der Waals surface area contributed by atoms with Gasteiger partial charge in [-0.3, -0.25) is 0 Å². The van der Waals surface area contributed by atoms with Gasteiger partial charge >= 0.3 is 0 Å². The maximum Gasteiger partial charge on any atom is 0.251 e. The van der Waals surface area contributed by atoms with Gasteiger partial charge in [-0.2, -0.15) is 0 Å². The highest BCUT2D eigenvalue weighted by molar-refractivity contribution is 4.23. The third-order valence-corrected chi connectivity index (χ3v) is 0.602. The number of hydrogen-bond donors (Lipinski definition) is 0. The van der Waals surface area contributed by atoms with Gasteiger partial charge < -0.3 is 0 Å². The maximum absolute atomic E-state index is 10.2. The van der Waals surface area contributed by atoms with Crippen LogP contribution in [-0.2, 0) is 4.84 Å². The molecule has 0 aromatic heterocycles. The second-order valence-corrected chi connectivity index (χ2v) is 1.56. The second kappa shape index (κ2) is 2.55. The molecule has 0 unspecified atom stereocenters. The van der Waals surface area contributed by atoms with Crippen LogP contribution in [-0.4, -0.2) is 18.1 Å². The lowest BCUT2D eigenvalue weighted by molar-refractivity contribution is -0.815. The van der Waals surface area contributed by atoms with E-state index in [2.05, 4.69) is 4.84 Å². The minimum atomic E-state index is -0.0787. The second-order valence-electron chi connectivity index (χ2n) is 1.56. The maximum atomic E-state index is 10.2. The molecule has 0 aromatic carbocycles. The average Bonchev–Trinajstić information content (AvgIpc) is 1.65. The van der Waals surface area contributed by atoms with E-state index in [9.17, 15) is 4.91 Å². The fourth-order valence-electron chi connectivity index (χ4n) is 0.211. The van der Waals surface area contributed by atoms with Crippen molar-refractivity contribution in [2.45, 2.75) is 19.9 Å². The summed E-state index contributed by atoms with van der Waals surface area (Å²) < 4.78 is 0. The molecule has 0 aliphatic heterocycles. The van der Waals surface area contributed by atoms with E-state index in [1.807, 2.05) is 0 Å². The monoisotopic (exact) mass is 104 g/mol. The molecule has 0 saturated heterocycles. The molecular formula is C4H10NO2+. The topological polar surface area (TPSA) is 29.3 Å². The van der Waals surface area contributed by atoms with Gasteiger partial charge in [-0.25, -0.2) is 4.84 Å². The van der Waals surface area contributed by atoms with Gasteiger partial charge in [0.1, 0.15) is 0 Å². The predicted molar refractivity (Wildman–Crippen MR) is 25.8 cm³/mol. The van der Waals surface area contributed by atoms with E-state index in [0.29, 0.717) is 4.92 Å². The highest BCUT2D eigenvalue weighted by Gasteiger charge is 2.11. The Labute approximate surface area is 42.8 Å². The van der Waals surface area contributed by atoms with E-state index in [4.69, 9.17) is 0 Å². The molecule has 0 fully saturated rings. The quantitative estimate of drug-likeness (QED) is 0.483. The van der Waals surface area contributed by atoms with E-state index in [-0.39, 0.29) is 6.04 Å². The number of rotatable bonds is 2. The summed E-state index contributed by atoms with van der Waals surface area (Å²) in [5.41, 5.74) is 0. The minimum absolute atomic E-state index is 0.0787. The molecule has 42 valence electrons. The van der Waals surface area contributed by atoms with Crippen LogP contribution >= 0.6 is 0 Å². The fraction of sp³-hybridized carbons (Fsp3) is 1.00. The molecule has 0 radical (unpaired) electrons. The zero-order chi connectivity index (χ0) is 5.86. The summed E-state index contributed by atoms with van der Waals surface area (Å²) in [5, 5.41) is 0. The molecule has 0 aromatic rings. The van der Waals surface area contributed by atoms with E-state index < -0.39 is 0 Å². The molecule has 0 rings (SSSR count). The highest BCUT2D eigenvalue weighted by atomic mass is 16.8. The van der Waals surface area contributed by atoms with Crippen LogP contribution in [0.2, 0.25) is 0 Å². The van der Waals surface area contributed by atoms with Crippen LogP contribution in [0.3, 0.4) is 0 Å². The lowest BCUT2D eigenvalue weighted by Gasteiger charge is -1.87. The van der Waals surface area contributed by atoms with Gasteiger partial charge in [0.05, 0.1) is 4.91 Å².